The SMILES string of the molecule is CN(F)S(=O)C(F)(F)C(F)(F)C(F)(F)C(F)(F)F. The van der Waals surface area contributed by atoms with Crippen molar-refractivity contribution < 1.29 is 48.2 Å². The molecule has 0 aromatic heterocycles. The highest BCUT2D eigenvalue weighted by atomic mass is 32.2. The Balaban J connectivity index is 5.72. The first kappa shape index (κ1) is 17.4. The molecule has 0 rings (SSSR count). The Morgan fingerprint density at radius 2 is 1.17 bits per heavy atom. The largest absolute Gasteiger partial charge is 0.460 e. The molecule has 1 unspecified atom stereocenters. The second kappa shape index (κ2) is 4.51. The molecule has 0 radical (unpaired) electrons. The number of halogens is 10. The van der Waals surface area contributed by atoms with Gasteiger partial charge in [0.05, 0.1) is 0 Å². The first-order valence-electron chi connectivity index (χ1n) is 3.62. The van der Waals surface area contributed by atoms with Crippen LogP contribution in [0.1, 0.15) is 0 Å². The van der Waals surface area contributed by atoms with Crippen molar-refractivity contribution in [3.63, 3.8) is 0 Å². The number of hydrogen-bond acceptors (Lipinski definition) is 1. The lowest BCUT2D eigenvalue weighted by Crippen LogP contribution is -2.63. The zero-order chi connectivity index (χ0) is 15.2. The van der Waals surface area contributed by atoms with Crippen molar-refractivity contribution in [3.05, 3.63) is 0 Å². The van der Waals surface area contributed by atoms with Crippen LogP contribution in [0.15, 0.2) is 0 Å². The lowest BCUT2D eigenvalue weighted by molar-refractivity contribution is -0.382. The van der Waals surface area contributed by atoms with E-state index in [4.69, 9.17) is 0 Å². The number of hydrogen-bond donors (Lipinski definition) is 0. The molecule has 0 fully saturated rings. The summed E-state index contributed by atoms with van der Waals surface area (Å²) in [6.07, 6.45) is -7.03. The molecule has 0 spiro atoms. The molecule has 0 aromatic rings. The maximum absolute atomic E-state index is 12.6. The first-order valence-corrected chi connectivity index (χ1v) is 4.73. The molecule has 18 heavy (non-hydrogen) atoms. The smallest absolute Gasteiger partial charge is 0.234 e. The van der Waals surface area contributed by atoms with Gasteiger partial charge in [0, 0.05) is 7.05 Å². The summed E-state index contributed by atoms with van der Waals surface area (Å²) in [5.74, 6) is -14.3. The van der Waals surface area contributed by atoms with E-state index in [0.29, 0.717) is 0 Å². The van der Waals surface area contributed by atoms with Crippen molar-refractivity contribution in [2.45, 2.75) is 23.3 Å². The van der Waals surface area contributed by atoms with E-state index in [1.165, 1.54) is 0 Å². The quantitative estimate of drug-likeness (QED) is 0.577. The van der Waals surface area contributed by atoms with Crippen LogP contribution in [-0.4, -0.2) is 39.1 Å². The maximum Gasteiger partial charge on any atom is 0.460 e. The summed E-state index contributed by atoms with van der Waals surface area (Å²) in [6, 6.07) is 0. The number of nitrogens with zero attached hydrogens (tertiary/aromatic N) is 1. The van der Waals surface area contributed by atoms with Crippen LogP contribution in [0.3, 0.4) is 0 Å². The van der Waals surface area contributed by atoms with E-state index in [1.807, 2.05) is 0 Å². The fraction of sp³-hybridized carbons (Fsp3) is 1.00. The van der Waals surface area contributed by atoms with E-state index >= 15 is 0 Å². The van der Waals surface area contributed by atoms with Gasteiger partial charge in [-0.2, -0.15) is 39.5 Å². The molecule has 0 aliphatic rings. The molecule has 13 heteroatoms. The molecule has 0 heterocycles. The van der Waals surface area contributed by atoms with Crippen LogP contribution in [0, 0.1) is 0 Å². The van der Waals surface area contributed by atoms with E-state index in [1.54, 1.807) is 0 Å². The van der Waals surface area contributed by atoms with Crippen molar-refractivity contribution in [2.75, 3.05) is 7.05 Å². The van der Waals surface area contributed by atoms with Gasteiger partial charge < -0.3 is 0 Å². The molecular weight excluding hydrogens is 312 g/mol. The van der Waals surface area contributed by atoms with Crippen molar-refractivity contribution in [1.29, 1.82) is 0 Å². The molecule has 0 aromatic carbocycles. The lowest BCUT2D eigenvalue weighted by atomic mass is 10.1. The van der Waals surface area contributed by atoms with E-state index in [-0.39, 0.29) is 7.05 Å². The average molecular weight is 315 g/mol. The summed E-state index contributed by atoms with van der Waals surface area (Å²) in [5, 5.41) is -6.46. The Labute approximate surface area is 95.1 Å². The highest BCUT2D eigenvalue weighted by Gasteiger charge is 2.84. The van der Waals surface area contributed by atoms with Crippen LogP contribution in [0.2, 0.25) is 0 Å². The highest BCUT2D eigenvalue weighted by molar-refractivity contribution is 7.83. The van der Waals surface area contributed by atoms with Gasteiger partial charge in [-0.1, -0.05) is 4.53 Å². The average Bonchev–Trinajstić information content (AvgIpc) is 2.13. The summed E-state index contributed by atoms with van der Waals surface area (Å²) in [7, 11) is -4.85. The normalized spacial score (nSPS) is 17.1. The summed E-state index contributed by atoms with van der Waals surface area (Å²) in [6.45, 7) is 0. The fourth-order valence-corrected chi connectivity index (χ4v) is 1.29. The maximum atomic E-state index is 12.6. The van der Waals surface area contributed by atoms with Crippen LogP contribution in [0.25, 0.3) is 0 Å². The summed E-state index contributed by atoms with van der Waals surface area (Å²) in [4.78, 5) is 0. The zero-order valence-corrected chi connectivity index (χ0v) is 8.86. The second-order valence-electron chi connectivity index (χ2n) is 2.83. The molecule has 0 bridgehead atoms. The molecule has 0 aliphatic carbocycles. The Bertz CT molecular complexity index is 336. The van der Waals surface area contributed by atoms with Gasteiger partial charge in [-0.3, -0.25) is 0 Å². The first-order chi connectivity index (χ1) is 7.60. The zero-order valence-electron chi connectivity index (χ0n) is 8.04. The molecular formula is C5H3F10NOS. The molecule has 1 atom stereocenters. The van der Waals surface area contributed by atoms with Crippen LogP contribution < -0.4 is 0 Å². The van der Waals surface area contributed by atoms with Gasteiger partial charge in [0.15, 0.2) is 0 Å². The van der Waals surface area contributed by atoms with Crippen LogP contribution in [0.4, 0.5) is 44.0 Å². The topological polar surface area (TPSA) is 20.3 Å². The Morgan fingerprint density at radius 1 is 0.833 bits per heavy atom. The minimum absolute atomic E-state index is 0.119. The summed E-state index contributed by atoms with van der Waals surface area (Å²) < 4.78 is 130. The Morgan fingerprint density at radius 3 is 1.39 bits per heavy atom. The van der Waals surface area contributed by atoms with Crippen molar-refractivity contribution in [1.82, 2.24) is 4.53 Å². The molecule has 2 nitrogen and oxygen atoms in total. The molecule has 0 N–H and O–H groups in total. The van der Waals surface area contributed by atoms with Gasteiger partial charge >= 0.3 is 23.3 Å². The third kappa shape index (κ3) is 2.41. The molecule has 0 aliphatic heterocycles. The van der Waals surface area contributed by atoms with Crippen molar-refractivity contribution in [2.24, 2.45) is 0 Å². The van der Waals surface area contributed by atoms with Gasteiger partial charge in [-0.05, 0) is 0 Å². The highest BCUT2D eigenvalue weighted by Crippen LogP contribution is 2.54. The van der Waals surface area contributed by atoms with Gasteiger partial charge in [0.2, 0.25) is 11.0 Å². The predicted molar refractivity (Wildman–Crippen MR) is 37.9 cm³/mol. The Kier molecular flexibility index (Phi) is 4.36. The van der Waals surface area contributed by atoms with Gasteiger partial charge in [0.25, 0.3) is 0 Å². The van der Waals surface area contributed by atoms with Crippen molar-refractivity contribution >= 4 is 11.0 Å². The second-order valence-corrected chi connectivity index (χ2v) is 4.35. The van der Waals surface area contributed by atoms with Crippen LogP contribution in [0.5, 0.6) is 0 Å². The molecule has 110 valence electrons. The number of rotatable bonds is 4. The predicted octanol–water partition coefficient (Wildman–Crippen LogP) is 2.89. The third-order valence-electron chi connectivity index (χ3n) is 1.56. The number of alkyl halides is 9. The minimum Gasteiger partial charge on any atom is -0.234 e. The summed E-state index contributed by atoms with van der Waals surface area (Å²) >= 11 is 0. The van der Waals surface area contributed by atoms with Crippen LogP contribution in [-0.2, 0) is 11.0 Å². The monoisotopic (exact) mass is 315 g/mol. The van der Waals surface area contributed by atoms with Gasteiger partial charge in [0.1, 0.15) is 0 Å². The van der Waals surface area contributed by atoms with Crippen LogP contribution >= 0.6 is 0 Å². The van der Waals surface area contributed by atoms with E-state index in [2.05, 4.69) is 0 Å². The van der Waals surface area contributed by atoms with E-state index in [0.717, 1.165) is 0 Å². The third-order valence-corrected chi connectivity index (χ3v) is 2.72. The van der Waals surface area contributed by atoms with E-state index < -0.39 is 38.8 Å². The van der Waals surface area contributed by atoms with Gasteiger partial charge in [-0.15, -0.1) is 4.48 Å². The van der Waals surface area contributed by atoms with E-state index in [9.17, 15) is 48.2 Å². The molecule has 0 saturated carbocycles. The lowest BCUT2D eigenvalue weighted by Gasteiger charge is -2.32. The minimum atomic E-state index is -7.19. The summed E-state index contributed by atoms with van der Waals surface area (Å²) in [5.41, 5.74) is 0. The standard InChI is InChI=1S/C5H3F10NOS/c1-16(15)18(17)5(13,14)3(8,9)2(6,7)4(10,11)12/h1H3. The molecule has 0 saturated heterocycles. The van der Waals surface area contributed by atoms with Gasteiger partial charge in [-0.25, -0.2) is 4.21 Å². The Hall–Kier alpha value is -0.590. The van der Waals surface area contributed by atoms with Crippen molar-refractivity contribution in [3.8, 4) is 0 Å². The molecule has 0 amide bonds. The fourth-order valence-electron chi connectivity index (χ4n) is 0.628.